The standard InChI is InChI=1S/C14H20F2N2O2/c1-10(11-7-12(15)9-13(16)8-11)17-4-3-14(19)18-5-6-20-2/h7-10,17H,3-6H2,1-2H3,(H,18,19). The van der Waals surface area contributed by atoms with Crippen LogP contribution in [-0.4, -0.2) is 32.7 Å². The largest absolute Gasteiger partial charge is 0.383 e. The van der Waals surface area contributed by atoms with Crippen LogP contribution in [0.15, 0.2) is 18.2 Å². The van der Waals surface area contributed by atoms with Crippen molar-refractivity contribution in [3.05, 3.63) is 35.4 Å². The molecule has 2 N–H and O–H groups in total. The summed E-state index contributed by atoms with van der Waals surface area (Å²) in [5.74, 6) is -1.30. The van der Waals surface area contributed by atoms with Crippen LogP contribution in [0, 0.1) is 11.6 Å². The minimum atomic E-state index is -0.606. The molecule has 1 unspecified atom stereocenters. The summed E-state index contributed by atoms with van der Waals surface area (Å²) < 4.78 is 30.9. The summed E-state index contributed by atoms with van der Waals surface area (Å²) in [7, 11) is 1.56. The number of nitrogens with one attached hydrogen (secondary N) is 2. The highest BCUT2D eigenvalue weighted by molar-refractivity contribution is 5.76. The van der Waals surface area contributed by atoms with Crippen molar-refractivity contribution in [1.82, 2.24) is 10.6 Å². The number of amides is 1. The van der Waals surface area contributed by atoms with Gasteiger partial charge >= 0.3 is 0 Å². The van der Waals surface area contributed by atoms with Crippen molar-refractivity contribution in [3.8, 4) is 0 Å². The van der Waals surface area contributed by atoms with E-state index in [-0.39, 0.29) is 11.9 Å². The molecule has 112 valence electrons. The van der Waals surface area contributed by atoms with Crippen LogP contribution >= 0.6 is 0 Å². The number of carbonyl (C=O) groups excluding carboxylic acids is 1. The van der Waals surface area contributed by atoms with E-state index in [1.807, 2.05) is 0 Å². The summed E-state index contributed by atoms with van der Waals surface area (Å²) in [6, 6.07) is 3.16. The Balaban J connectivity index is 2.32. The van der Waals surface area contributed by atoms with E-state index in [0.717, 1.165) is 6.07 Å². The maximum atomic E-state index is 13.1. The summed E-state index contributed by atoms with van der Waals surface area (Å²) in [4.78, 5) is 11.4. The minimum absolute atomic E-state index is 0.0906. The van der Waals surface area contributed by atoms with Gasteiger partial charge in [0.05, 0.1) is 6.61 Å². The van der Waals surface area contributed by atoms with Crippen LogP contribution in [0.5, 0.6) is 0 Å². The van der Waals surface area contributed by atoms with Gasteiger partial charge in [-0.15, -0.1) is 0 Å². The Labute approximate surface area is 117 Å². The van der Waals surface area contributed by atoms with Crippen molar-refractivity contribution in [2.24, 2.45) is 0 Å². The molecule has 0 spiro atoms. The monoisotopic (exact) mass is 286 g/mol. The van der Waals surface area contributed by atoms with Gasteiger partial charge < -0.3 is 15.4 Å². The van der Waals surface area contributed by atoms with Gasteiger partial charge in [0.15, 0.2) is 0 Å². The molecule has 0 fully saturated rings. The SMILES string of the molecule is COCCNC(=O)CCNC(C)c1cc(F)cc(F)c1. The van der Waals surface area contributed by atoms with Gasteiger partial charge in [-0.25, -0.2) is 8.78 Å². The van der Waals surface area contributed by atoms with Crippen molar-refractivity contribution < 1.29 is 18.3 Å². The summed E-state index contributed by atoms with van der Waals surface area (Å²) in [5.41, 5.74) is 0.516. The number of halogens is 2. The van der Waals surface area contributed by atoms with Gasteiger partial charge in [0.1, 0.15) is 11.6 Å². The highest BCUT2D eigenvalue weighted by atomic mass is 19.1. The van der Waals surface area contributed by atoms with E-state index in [1.165, 1.54) is 12.1 Å². The van der Waals surface area contributed by atoms with Gasteiger partial charge in [-0.3, -0.25) is 4.79 Å². The minimum Gasteiger partial charge on any atom is -0.383 e. The fourth-order valence-corrected chi connectivity index (χ4v) is 1.73. The van der Waals surface area contributed by atoms with Crippen molar-refractivity contribution in [3.63, 3.8) is 0 Å². The molecule has 6 heteroatoms. The topological polar surface area (TPSA) is 50.4 Å². The Kier molecular flexibility index (Phi) is 7.11. The predicted molar refractivity (Wildman–Crippen MR) is 72.3 cm³/mol. The van der Waals surface area contributed by atoms with Gasteiger partial charge in [0, 0.05) is 38.7 Å². The Morgan fingerprint density at radius 3 is 2.50 bits per heavy atom. The molecule has 0 bridgehead atoms. The third kappa shape index (κ3) is 6.08. The molecule has 0 radical (unpaired) electrons. The Bertz CT molecular complexity index is 421. The van der Waals surface area contributed by atoms with Crippen LogP contribution < -0.4 is 10.6 Å². The van der Waals surface area contributed by atoms with Crippen molar-refractivity contribution >= 4 is 5.91 Å². The third-order valence-electron chi connectivity index (χ3n) is 2.82. The average molecular weight is 286 g/mol. The predicted octanol–water partition coefficient (Wildman–Crippen LogP) is 1.77. The maximum Gasteiger partial charge on any atom is 0.221 e. The lowest BCUT2D eigenvalue weighted by atomic mass is 10.1. The van der Waals surface area contributed by atoms with E-state index in [1.54, 1.807) is 14.0 Å². The highest BCUT2D eigenvalue weighted by Crippen LogP contribution is 2.15. The molecule has 0 aliphatic rings. The van der Waals surface area contributed by atoms with Crippen LogP contribution in [0.4, 0.5) is 8.78 Å². The zero-order valence-electron chi connectivity index (χ0n) is 11.7. The molecule has 0 aliphatic heterocycles. The maximum absolute atomic E-state index is 13.1. The first kappa shape index (κ1) is 16.5. The quantitative estimate of drug-likeness (QED) is 0.716. The highest BCUT2D eigenvalue weighted by Gasteiger charge is 2.09. The molecule has 0 aromatic heterocycles. The van der Waals surface area contributed by atoms with E-state index in [0.29, 0.717) is 31.7 Å². The Morgan fingerprint density at radius 2 is 1.90 bits per heavy atom. The van der Waals surface area contributed by atoms with Crippen LogP contribution in [0.1, 0.15) is 24.9 Å². The summed E-state index contributed by atoms with van der Waals surface area (Å²) >= 11 is 0. The Hall–Kier alpha value is -1.53. The number of methoxy groups -OCH3 is 1. The molecule has 0 saturated heterocycles. The molecule has 0 heterocycles. The smallest absolute Gasteiger partial charge is 0.221 e. The van der Waals surface area contributed by atoms with E-state index in [2.05, 4.69) is 10.6 Å². The van der Waals surface area contributed by atoms with Crippen LogP contribution in [-0.2, 0) is 9.53 Å². The van der Waals surface area contributed by atoms with E-state index in [4.69, 9.17) is 4.74 Å². The summed E-state index contributed by atoms with van der Waals surface area (Å²) in [6.07, 6.45) is 0.297. The molecule has 1 amide bonds. The number of hydrogen-bond donors (Lipinski definition) is 2. The zero-order chi connectivity index (χ0) is 15.0. The normalized spacial score (nSPS) is 12.2. The zero-order valence-corrected chi connectivity index (χ0v) is 11.7. The van der Waals surface area contributed by atoms with E-state index >= 15 is 0 Å². The van der Waals surface area contributed by atoms with Gasteiger partial charge in [0.2, 0.25) is 5.91 Å². The molecular weight excluding hydrogens is 266 g/mol. The van der Waals surface area contributed by atoms with E-state index < -0.39 is 11.6 Å². The average Bonchev–Trinajstić information content (AvgIpc) is 2.37. The van der Waals surface area contributed by atoms with Crippen LogP contribution in [0.25, 0.3) is 0 Å². The molecule has 0 saturated carbocycles. The molecule has 1 aromatic carbocycles. The molecule has 20 heavy (non-hydrogen) atoms. The molecule has 0 aliphatic carbocycles. The number of hydrogen-bond acceptors (Lipinski definition) is 3. The lowest BCUT2D eigenvalue weighted by molar-refractivity contribution is -0.121. The lowest BCUT2D eigenvalue weighted by Gasteiger charge is -2.14. The van der Waals surface area contributed by atoms with Gasteiger partial charge in [-0.05, 0) is 24.6 Å². The van der Waals surface area contributed by atoms with E-state index in [9.17, 15) is 13.6 Å². The number of carbonyl (C=O) groups is 1. The molecule has 1 aromatic rings. The van der Waals surface area contributed by atoms with Crippen molar-refractivity contribution in [1.29, 1.82) is 0 Å². The van der Waals surface area contributed by atoms with Gasteiger partial charge in [-0.2, -0.15) is 0 Å². The molecule has 4 nitrogen and oxygen atoms in total. The number of ether oxygens (including phenoxy) is 1. The van der Waals surface area contributed by atoms with Crippen molar-refractivity contribution in [2.45, 2.75) is 19.4 Å². The summed E-state index contributed by atoms with van der Waals surface area (Å²) in [5, 5.41) is 5.74. The van der Waals surface area contributed by atoms with Crippen molar-refractivity contribution in [2.75, 3.05) is 26.8 Å². The first-order valence-electron chi connectivity index (χ1n) is 6.48. The van der Waals surface area contributed by atoms with Gasteiger partial charge in [0.25, 0.3) is 0 Å². The second-order valence-electron chi connectivity index (χ2n) is 4.47. The Morgan fingerprint density at radius 1 is 1.25 bits per heavy atom. The van der Waals surface area contributed by atoms with Crippen LogP contribution in [0.3, 0.4) is 0 Å². The number of benzene rings is 1. The third-order valence-corrected chi connectivity index (χ3v) is 2.82. The molecule has 1 rings (SSSR count). The molecular formula is C14H20F2N2O2. The second-order valence-corrected chi connectivity index (χ2v) is 4.47. The first-order chi connectivity index (χ1) is 9.52. The van der Waals surface area contributed by atoms with Gasteiger partial charge in [-0.1, -0.05) is 0 Å². The lowest BCUT2D eigenvalue weighted by Crippen LogP contribution is -2.30. The van der Waals surface area contributed by atoms with Crippen LogP contribution in [0.2, 0.25) is 0 Å². The number of rotatable bonds is 8. The molecule has 1 atom stereocenters. The fraction of sp³-hybridized carbons (Fsp3) is 0.500. The summed E-state index contributed by atoms with van der Waals surface area (Å²) in [6.45, 7) is 3.16. The first-order valence-corrected chi connectivity index (χ1v) is 6.48. The fourth-order valence-electron chi connectivity index (χ4n) is 1.73. The second kappa shape index (κ2) is 8.60.